The van der Waals surface area contributed by atoms with E-state index in [0.717, 1.165) is 74.8 Å². The molecule has 236 valence electrons. The lowest BCUT2D eigenvalue weighted by Crippen LogP contribution is -2.35. The van der Waals surface area contributed by atoms with Crippen molar-refractivity contribution in [3.8, 4) is 23.4 Å². The predicted octanol–water partition coefficient (Wildman–Crippen LogP) is 3.55. The van der Waals surface area contributed by atoms with E-state index in [1.807, 2.05) is 4.68 Å². The van der Waals surface area contributed by atoms with Crippen molar-refractivity contribution in [2.45, 2.75) is 75.8 Å². The molecule has 5 aromatic heterocycles. The number of thiophene rings is 1. The van der Waals surface area contributed by atoms with Gasteiger partial charge in [-0.1, -0.05) is 10.4 Å². The first-order valence-corrected chi connectivity index (χ1v) is 16.6. The molecule has 0 bridgehead atoms. The molecule has 15 heteroatoms. The maximum absolute atomic E-state index is 12.4. The van der Waals surface area contributed by atoms with E-state index in [-0.39, 0.29) is 17.6 Å². The molecule has 1 fully saturated rings. The summed E-state index contributed by atoms with van der Waals surface area (Å²) in [5.41, 5.74) is 9.81. The minimum Gasteiger partial charge on any atom is -0.389 e. The Morgan fingerprint density at radius 3 is 2.85 bits per heavy atom. The Kier molecular flexibility index (Phi) is 6.69. The normalized spacial score (nSPS) is 21.7. The van der Waals surface area contributed by atoms with Crippen molar-refractivity contribution in [2.24, 2.45) is 0 Å². The van der Waals surface area contributed by atoms with E-state index in [1.54, 1.807) is 19.4 Å². The molecule has 3 atom stereocenters. The Morgan fingerprint density at radius 2 is 2.09 bits per heavy atom. The quantitative estimate of drug-likeness (QED) is 0.287. The highest BCUT2D eigenvalue weighted by Crippen LogP contribution is 2.55. The minimum atomic E-state index is -0.462. The van der Waals surface area contributed by atoms with Crippen molar-refractivity contribution in [2.75, 3.05) is 26.4 Å². The third-order valence-electron chi connectivity index (χ3n) is 10.2. The Labute approximate surface area is 268 Å². The zero-order valence-corrected chi connectivity index (χ0v) is 26.8. The van der Waals surface area contributed by atoms with Gasteiger partial charge in [-0.3, -0.25) is 4.79 Å². The fourth-order valence-corrected chi connectivity index (χ4v) is 9.18. The number of anilines is 1. The second-order valence-electron chi connectivity index (χ2n) is 12.6. The second-order valence-corrected chi connectivity index (χ2v) is 13.8. The molecule has 0 saturated carbocycles. The van der Waals surface area contributed by atoms with Crippen LogP contribution in [-0.2, 0) is 18.3 Å². The first kappa shape index (κ1) is 28.8. The van der Waals surface area contributed by atoms with Gasteiger partial charge in [0.15, 0.2) is 34.4 Å². The van der Waals surface area contributed by atoms with Crippen LogP contribution in [0.25, 0.3) is 28.4 Å². The summed E-state index contributed by atoms with van der Waals surface area (Å²) in [7, 11) is 3.70. The average molecular weight is 639 g/mol. The second kappa shape index (κ2) is 10.7. The van der Waals surface area contributed by atoms with Gasteiger partial charge in [0.2, 0.25) is 0 Å². The third kappa shape index (κ3) is 4.12. The molecule has 1 spiro atoms. The molecule has 8 rings (SSSR count). The predicted molar refractivity (Wildman–Crippen MR) is 170 cm³/mol. The van der Waals surface area contributed by atoms with Gasteiger partial charge in [0.25, 0.3) is 5.91 Å². The number of carbonyl (C=O) groups excluding carboxylic acids is 1. The highest BCUT2D eigenvalue weighted by Gasteiger charge is 2.49. The number of carbonyl (C=O) groups is 1. The van der Waals surface area contributed by atoms with Crippen molar-refractivity contribution in [1.82, 2.24) is 50.1 Å². The van der Waals surface area contributed by atoms with Crippen LogP contribution >= 0.6 is 11.3 Å². The van der Waals surface area contributed by atoms with Gasteiger partial charge in [0.05, 0.1) is 34.8 Å². The SMILES string of the molecule is CNC(=O)c1cn(-c2nc(-c3noc4c3CCCC43CCCc4sc(N)c(C#N)c43)nc3c2cnn3C(C)C2CCCN2C)nn1. The molecule has 1 amide bonds. The Morgan fingerprint density at radius 1 is 1.26 bits per heavy atom. The van der Waals surface area contributed by atoms with Crippen LogP contribution in [0.1, 0.15) is 89.3 Å². The Balaban J connectivity index is 1.31. The molecule has 0 aromatic carbocycles. The van der Waals surface area contributed by atoms with Crippen molar-refractivity contribution in [1.29, 1.82) is 5.26 Å². The van der Waals surface area contributed by atoms with Crippen LogP contribution in [0, 0.1) is 11.3 Å². The van der Waals surface area contributed by atoms with E-state index in [9.17, 15) is 10.1 Å². The van der Waals surface area contributed by atoms with Crippen molar-refractivity contribution < 1.29 is 9.32 Å². The standard InChI is InChI=1S/C31H34N12O2S/c1-16(21-8-6-12-41(21)3)43-29-19(14-35-43)28(42-15-20(38-40-42)30(44)34-2)36-27(37-29)24-17-7-4-10-31(25(17)45-39-24)11-5-9-22-23(31)18(13-32)26(33)46-22/h14-16,21H,4-12,33H2,1-3H3,(H,34,44). The van der Waals surface area contributed by atoms with Crippen LogP contribution in [0.15, 0.2) is 16.9 Å². The molecule has 3 aliphatic rings. The van der Waals surface area contributed by atoms with E-state index < -0.39 is 5.41 Å². The fourth-order valence-electron chi connectivity index (χ4n) is 8.01. The summed E-state index contributed by atoms with van der Waals surface area (Å²) in [6, 6.07) is 2.74. The van der Waals surface area contributed by atoms with Crippen LogP contribution in [-0.4, -0.2) is 77.4 Å². The number of hydrogen-bond donors (Lipinski definition) is 2. The van der Waals surface area contributed by atoms with Gasteiger partial charge in [0.1, 0.15) is 11.1 Å². The molecule has 1 saturated heterocycles. The molecule has 1 aliphatic heterocycles. The minimum absolute atomic E-state index is 0.0429. The number of nitrogens with one attached hydrogen (secondary N) is 1. The lowest BCUT2D eigenvalue weighted by Gasteiger charge is -2.39. The number of nitrogens with zero attached hydrogens (tertiary/aromatic N) is 10. The number of fused-ring (bicyclic) bond motifs is 5. The molecule has 14 nitrogen and oxygen atoms in total. The fraction of sp³-hybridized carbons (Fsp3) is 0.484. The molecule has 6 heterocycles. The van der Waals surface area contributed by atoms with E-state index in [0.29, 0.717) is 45.0 Å². The molecular formula is C31H34N12O2S. The van der Waals surface area contributed by atoms with E-state index in [4.69, 9.17) is 25.3 Å². The molecule has 46 heavy (non-hydrogen) atoms. The van der Waals surface area contributed by atoms with Gasteiger partial charge in [-0.05, 0) is 77.4 Å². The smallest absolute Gasteiger partial charge is 0.273 e. The van der Waals surface area contributed by atoms with Crippen molar-refractivity contribution in [3.63, 3.8) is 0 Å². The summed E-state index contributed by atoms with van der Waals surface area (Å²) in [5, 5.41) is 31.7. The number of aryl methyl sites for hydroxylation is 1. The average Bonchev–Trinajstić information content (AvgIpc) is 3.89. The topological polar surface area (TPSA) is 182 Å². The summed E-state index contributed by atoms with van der Waals surface area (Å²) >= 11 is 1.52. The first-order chi connectivity index (χ1) is 22.3. The summed E-state index contributed by atoms with van der Waals surface area (Å²) in [4.78, 5) is 26.0. The number of amides is 1. The largest absolute Gasteiger partial charge is 0.389 e. The summed E-state index contributed by atoms with van der Waals surface area (Å²) in [6.07, 6.45) is 10.8. The van der Waals surface area contributed by atoms with Gasteiger partial charge < -0.3 is 20.5 Å². The number of likely N-dealkylation sites (tertiary alicyclic amines) is 1. The molecule has 2 aliphatic carbocycles. The van der Waals surface area contributed by atoms with Gasteiger partial charge in [-0.25, -0.2) is 19.3 Å². The van der Waals surface area contributed by atoms with E-state index in [1.165, 1.54) is 20.9 Å². The third-order valence-corrected chi connectivity index (χ3v) is 11.3. The molecular weight excluding hydrogens is 604 g/mol. The van der Waals surface area contributed by atoms with Crippen LogP contribution in [0.3, 0.4) is 0 Å². The summed E-state index contributed by atoms with van der Waals surface area (Å²) in [6.45, 7) is 3.21. The van der Waals surface area contributed by atoms with Gasteiger partial charge >= 0.3 is 0 Å². The number of likely N-dealkylation sites (N-methyl/N-ethyl adjacent to an activating group) is 1. The van der Waals surface area contributed by atoms with E-state index >= 15 is 0 Å². The highest BCUT2D eigenvalue weighted by atomic mass is 32.1. The van der Waals surface area contributed by atoms with Crippen LogP contribution < -0.4 is 11.1 Å². The maximum atomic E-state index is 12.4. The molecule has 0 radical (unpaired) electrons. The Hall–Kier alpha value is -4.68. The number of aromatic nitrogens is 8. The van der Waals surface area contributed by atoms with Crippen LogP contribution in [0.5, 0.6) is 0 Å². The molecule has 3 unspecified atom stereocenters. The number of nitriles is 1. The molecule has 5 aromatic rings. The molecule has 3 N–H and O–H groups in total. The van der Waals surface area contributed by atoms with Gasteiger partial charge in [-0.2, -0.15) is 10.4 Å². The van der Waals surface area contributed by atoms with Crippen molar-refractivity contribution >= 4 is 33.3 Å². The summed E-state index contributed by atoms with van der Waals surface area (Å²) in [5.74, 6) is 1.27. The Bertz CT molecular complexity index is 2050. The number of nitrogen functional groups attached to an aromatic ring is 1. The number of nitrogens with two attached hydrogens (primary N) is 1. The maximum Gasteiger partial charge on any atom is 0.273 e. The zero-order chi connectivity index (χ0) is 31.7. The number of rotatable bonds is 5. The zero-order valence-electron chi connectivity index (χ0n) is 25.9. The van der Waals surface area contributed by atoms with Crippen LogP contribution in [0.4, 0.5) is 5.00 Å². The van der Waals surface area contributed by atoms with Crippen molar-refractivity contribution in [3.05, 3.63) is 45.4 Å². The first-order valence-electron chi connectivity index (χ1n) is 15.8. The monoisotopic (exact) mass is 638 g/mol. The number of hydrogen-bond acceptors (Lipinski definition) is 12. The van der Waals surface area contributed by atoms with Gasteiger partial charge in [0, 0.05) is 23.5 Å². The van der Waals surface area contributed by atoms with Crippen LogP contribution in [0.2, 0.25) is 0 Å². The lowest BCUT2D eigenvalue weighted by atomic mass is 9.63. The highest BCUT2D eigenvalue weighted by molar-refractivity contribution is 7.16. The van der Waals surface area contributed by atoms with Gasteiger partial charge in [-0.15, -0.1) is 16.4 Å². The lowest BCUT2D eigenvalue weighted by molar-refractivity contribution is 0.0958. The van der Waals surface area contributed by atoms with E-state index in [2.05, 4.69) is 45.7 Å². The summed E-state index contributed by atoms with van der Waals surface area (Å²) < 4.78 is 9.72.